The number of aryl methyl sites for hydroxylation is 1. The van der Waals surface area contributed by atoms with E-state index in [2.05, 4.69) is 21.2 Å². The lowest BCUT2D eigenvalue weighted by molar-refractivity contribution is 0.0983. The van der Waals surface area contributed by atoms with Crippen molar-refractivity contribution in [3.8, 4) is 0 Å². The van der Waals surface area contributed by atoms with Crippen LogP contribution in [0.25, 0.3) is 0 Å². The van der Waals surface area contributed by atoms with Crippen molar-refractivity contribution >= 4 is 39.1 Å². The van der Waals surface area contributed by atoms with Gasteiger partial charge in [-0.3, -0.25) is 9.59 Å². The molecule has 0 fully saturated rings. The van der Waals surface area contributed by atoms with Crippen LogP contribution in [0.1, 0.15) is 32.0 Å². The normalized spacial score (nSPS) is 12.9. The highest BCUT2D eigenvalue weighted by Gasteiger charge is 2.26. The number of nitrogens with zero attached hydrogens (tertiary/aromatic N) is 1. The molecule has 26 heavy (non-hydrogen) atoms. The van der Waals surface area contributed by atoms with E-state index in [-0.39, 0.29) is 17.6 Å². The molecule has 0 unspecified atom stereocenters. The van der Waals surface area contributed by atoms with Gasteiger partial charge in [0.2, 0.25) is 0 Å². The van der Waals surface area contributed by atoms with Crippen molar-refractivity contribution in [2.24, 2.45) is 0 Å². The molecular formula is C19H15BrN2O4. The number of hydrogen-bond acceptors (Lipinski definition) is 4. The van der Waals surface area contributed by atoms with E-state index in [0.717, 1.165) is 23.2 Å². The van der Waals surface area contributed by atoms with Crippen LogP contribution in [-0.2, 0) is 6.42 Å². The van der Waals surface area contributed by atoms with Gasteiger partial charge in [-0.15, -0.1) is 0 Å². The Balaban J connectivity index is 1.54. The number of halogens is 1. The lowest BCUT2D eigenvalue weighted by Gasteiger charge is -2.16. The van der Waals surface area contributed by atoms with E-state index < -0.39 is 0 Å². The van der Waals surface area contributed by atoms with E-state index in [1.807, 2.05) is 19.1 Å². The van der Waals surface area contributed by atoms with Gasteiger partial charge in [-0.05, 0) is 65.2 Å². The molecule has 1 aliphatic rings. The second-order valence-corrected chi connectivity index (χ2v) is 6.86. The minimum Gasteiger partial charge on any atom is -0.472 e. The summed E-state index contributed by atoms with van der Waals surface area (Å²) in [5, 5.41) is 2.84. The third-order valence-corrected chi connectivity index (χ3v) is 4.73. The predicted molar refractivity (Wildman–Crippen MR) is 99.6 cm³/mol. The molecule has 0 saturated carbocycles. The van der Waals surface area contributed by atoms with E-state index >= 15 is 0 Å². The summed E-state index contributed by atoms with van der Waals surface area (Å²) in [7, 11) is 0. The maximum Gasteiger partial charge on any atom is 0.291 e. The molecule has 3 heterocycles. The van der Waals surface area contributed by atoms with Crippen molar-refractivity contribution in [2.45, 2.75) is 13.3 Å². The first-order chi connectivity index (χ1) is 12.5. The summed E-state index contributed by atoms with van der Waals surface area (Å²) in [4.78, 5) is 26.6. The van der Waals surface area contributed by atoms with Crippen LogP contribution in [-0.4, -0.2) is 18.4 Å². The van der Waals surface area contributed by atoms with Crippen LogP contribution < -0.4 is 10.2 Å². The quantitative estimate of drug-likeness (QED) is 0.688. The summed E-state index contributed by atoms with van der Waals surface area (Å²) in [6.45, 7) is 2.41. The maximum atomic E-state index is 12.5. The molecule has 1 N–H and O–H groups in total. The van der Waals surface area contributed by atoms with E-state index in [1.54, 1.807) is 23.1 Å². The Morgan fingerprint density at radius 2 is 2.08 bits per heavy atom. The van der Waals surface area contributed by atoms with Crippen LogP contribution in [0.2, 0.25) is 0 Å². The third-order valence-electron chi connectivity index (χ3n) is 4.34. The van der Waals surface area contributed by atoms with Crippen LogP contribution in [0.15, 0.2) is 56.4 Å². The van der Waals surface area contributed by atoms with E-state index in [4.69, 9.17) is 8.83 Å². The van der Waals surface area contributed by atoms with Crippen LogP contribution in [0.5, 0.6) is 0 Å². The maximum absolute atomic E-state index is 12.5. The Hall–Kier alpha value is -2.80. The molecule has 0 saturated heterocycles. The predicted octanol–water partition coefficient (Wildman–Crippen LogP) is 4.40. The molecule has 0 radical (unpaired) electrons. The number of carbonyl (C=O) groups excluding carboxylic acids is 2. The molecule has 2 amide bonds. The number of nitrogens with one attached hydrogen (secondary N) is 1. The van der Waals surface area contributed by atoms with Crippen molar-refractivity contribution in [1.29, 1.82) is 0 Å². The number of anilines is 2. The Morgan fingerprint density at radius 1 is 1.23 bits per heavy atom. The molecule has 1 aromatic carbocycles. The molecule has 0 aliphatic carbocycles. The number of rotatable bonds is 3. The zero-order valence-corrected chi connectivity index (χ0v) is 15.5. The second kappa shape index (κ2) is 6.49. The Labute approximate surface area is 157 Å². The SMILES string of the molecule is Cc1cc(Br)oc1C(=O)Nc1ccc2c(c1)CCN2C(=O)c1ccoc1. The largest absolute Gasteiger partial charge is 0.472 e. The lowest BCUT2D eigenvalue weighted by Crippen LogP contribution is -2.28. The van der Waals surface area contributed by atoms with Gasteiger partial charge in [-0.1, -0.05) is 0 Å². The second-order valence-electron chi connectivity index (χ2n) is 6.08. The lowest BCUT2D eigenvalue weighted by atomic mass is 10.1. The molecule has 132 valence electrons. The topological polar surface area (TPSA) is 75.7 Å². The fourth-order valence-electron chi connectivity index (χ4n) is 3.09. The summed E-state index contributed by atoms with van der Waals surface area (Å²) < 4.78 is 10.9. The van der Waals surface area contributed by atoms with Gasteiger partial charge in [0, 0.05) is 23.5 Å². The van der Waals surface area contributed by atoms with Gasteiger partial charge in [0.1, 0.15) is 6.26 Å². The number of fused-ring (bicyclic) bond motifs is 1. The van der Waals surface area contributed by atoms with Gasteiger partial charge in [0.05, 0.1) is 11.8 Å². The van der Waals surface area contributed by atoms with Gasteiger partial charge in [0.15, 0.2) is 10.4 Å². The molecule has 0 bridgehead atoms. The summed E-state index contributed by atoms with van der Waals surface area (Å²) in [5.41, 5.74) is 3.81. The number of hydrogen-bond donors (Lipinski definition) is 1. The minimum absolute atomic E-state index is 0.0923. The number of furan rings is 2. The molecule has 6 nitrogen and oxygen atoms in total. The van der Waals surface area contributed by atoms with Crippen molar-refractivity contribution in [1.82, 2.24) is 0 Å². The zero-order chi connectivity index (χ0) is 18.3. The molecule has 2 aromatic heterocycles. The molecule has 1 aliphatic heterocycles. The minimum atomic E-state index is -0.308. The van der Waals surface area contributed by atoms with Gasteiger partial charge in [-0.2, -0.15) is 0 Å². The summed E-state index contributed by atoms with van der Waals surface area (Å²) in [5.74, 6) is -0.128. The van der Waals surface area contributed by atoms with Crippen LogP contribution >= 0.6 is 15.9 Å². The molecule has 4 rings (SSSR count). The molecule has 7 heteroatoms. The first-order valence-electron chi connectivity index (χ1n) is 8.07. The third kappa shape index (κ3) is 2.94. The fraction of sp³-hybridized carbons (Fsp3) is 0.158. The van der Waals surface area contributed by atoms with E-state index in [1.165, 1.54) is 12.5 Å². The number of benzene rings is 1. The van der Waals surface area contributed by atoms with Crippen molar-refractivity contribution < 1.29 is 18.4 Å². The van der Waals surface area contributed by atoms with Crippen molar-refractivity contribution in [3.63, 3.8) is 0 Å². The first-order valence-corrected chi connectivity index (χ1v) is 8.86. The van der Waals surface area contributed by atoms with E-state index in [0.29, 0.717) is 22.5 Å². The molecule has 0 atom stereocenters. The zero-order valence-electron chi connectivity index (χ0n) is 13.9. The fourth-order valence-corrected chi connectivity index (χ4v) is 3.59. The monoisotopic (exact) mass is 414 g/mol. The highest BCUT2D eigenvalue weighted by Crippen LogP contribution is 2.32. The van der Waals surface area contributed by atoms with Gasteiger partial charge >= 0.3 is 0 Å². The van der Waals surface area contributed by atoms with E-state index in [9.17, 15) is 9.59 Å². The van der Waals surface area contributed by atoms with Gasteiger partial charge in [-0.25, -0.2) is 0 Å². The highest BCUT2D eigenvalue weighted by molar-refractivity contribution is 9.10. The Morgan fingerprint density at radius 3 is 2.77 bits per heavy atom. The van der Waals surface area contributed by atoms with Crippen molar-refractivity contribution in [3.05, 3.63) is 70.0 Å². The van der Waals surface area contributed by atoms with Crippen LogP contribution in [0.3, 0.4) is 0 Å². The molecule has 3 aromatic rings. The molecule has 0 spiro atoms. The number of amides is 2. The Kier molecular flexibility index (Phi) is 4.16. The molecular weight excluding hydrogens is 400 g/mol. The summed E-state index contributed by atoms with van der Waals surface area (Å²) >= 11 is 3.22. The average molecular weight is 415 g/mol. The smallest absolute Gasteiger partial charge is 0.291 e. The van der Waals surface area contributed by atoms with Crippen LogP contribution in [0, 0.1) is 6.92 Å². The van der Waals surface area contributed by atoms with Crippen LogP contribution in [0.4, 0.5) is 11.4 Å². The average Bonchev–Trinajstić information content (AvgIpc) is 3.33. The van der Waals surface area contributed by atoms with Gasteiger partial charge < -0.3 is 19.1 Å². The highest BCUT2D eigenvalue weighted by atomic mass is 79.9. The number of carbonyl (C=O) groups is 2. The summed E-state index contributed by atoms with van der Waals surface area (Å²) in [6.07, 6.45) is 3.66. The first kappa shape index (κ1) is 16.7. The van der Waals surface area contributed by atoms with Crippen molar-refractivity contribution in [2.75, 3.05) is 16.8 Å². The van der Waals surface area contributed by atoms with Gasteiger partial charge in [0.25, 0.3) is 11.8 Å². The summed E-state index contributed by atoms with van der Waals surface area (Å²) in [6, 6.07) is 8.92. The standard InChI is InChI=1S/C19H15BrN2O4/c1-11-8-16(20)26-17(11)18(23)21-14-2-3-15-12(9-14)4-6-22(15)19(24)13-5-7-25-10-13/h2-3,5,7-10H,4,6H2,1H3,(H,21,23). The Bertz CT molecular complexity index is 991.